The third kappa shape index (κ3) is 8.98. The van der Waals surface area contributed by atoms with Crippen molar-refractivity contribution in [1.29, 1.82) is 0 Å². The Morgan fingerprint density at radius 2 is 1.56 bits per heavy atom. The Morgan fingerprint density at radius 3 is 2.23 bits per heavy atom. The molecule has 16 heteroatoms. The third-order valence-electron chi connectivity index (χ3n) is 10.7. The molecule has 8 rings (SSSR count). The van der Waals surface area contributed by atoms with Crippen molar-refractivity contribution in [3.63, 3.8) is 0 Å². The van der Waals surface area contributed by atoms with E-state index >= 15 is 0 Å². The van der Waals surface area contributed by atoms with Gasteiger partial charge in [-0.3, -0.25) is 19.4 Å². The van der Waals surface area contributed by atoms with Gasteiger partial charge in [0.2, 0.25) is 11.8 Å². The van der Waals surface area contributed by atoms with Gasteiger partial charge >= 0.3 is 13.9 Å². The van der Waals surface area contributed by atoms with Gasteiger partial charge in [0, 0.05) is 42.6 Å². The van der Waals surface area contributed by atoms with Crippen molar-refractivity contribution in [1.82, 2.24) is 29.1 Å². The first kappa shape index (κ1) is 41.5. The molecule has 0 radical (unpaired) electrons. The van der Waals surface area contributed by atoms with Gasteiger partial charge in [0.1, 0.15) is 34.8 Å². The van der Waals surface area contributed by atoms with Crippen LogP contribution >= 0.6 is 7.82 Å². The number of hydrogen-bond acceptors (Lipinski definition) is 7. The fourth-order valence-electron chi connectivity index (χ4n) is 8.03. The smallest absolute Gasteiger partial charge is 0.524 e. The Bertz CT molecular complexity index is 2590. The zero-order valence-electron chi connectivity index (χ0n) is 32.9. The summed E-state index contributed by atoms with van der Waals surface area (Å²) in [5.74, 6) is -0.800. The van der Waals surface area contributed by atoms with Crippen molar-refractivity contribution in [2.24, 2.45) is 0 Å². The van der Waals surface area contributed by atoms with Crippen LogP contribution in [0.2, 0.25) is 0 Å². The van der Waals surface area contributed by atoms with Crippen molar-refractivity contribution in [3.8, 4) is 16.9 Å². The predicted octanol–water partition coefficient (Wildman–Crippen LogP) is 6.09. The first-order chi connectivity index (χ1) is 29.5. The summed E-state index contributed by atoms with van der Waals surface area (Å²) in [6.45, 7) is 4.07. The molecule has 61 heavy (non-hydrogen) atoms. The van der Waals surface area contributed by atoms with Gasteiger partial charge in [0.05, 0.1) is 19.3 Å². The Morgan fingerprint density at radius 1 is 0.885 bits per heavy atom. The summed E-state index contributed by atoms with van der Waals surface area (Å²) in [7, 11) is -4.82. The maximum atomic E-state index is 15.0. The number of amides is 4. The number of piperazine rings is 1. The third-order valence-corrected chi connectivity index (χ3v) is 12.5. The summed E-state index contributed by atoms with van der Waals surface area (Å²) >= 11 is -1.67. The molecule has 3 N–H and O–H groups in total. The van der Waals surface area contributed by atoms with Gasteiger partial charge in [-0.15, -0.1) is 6.58 Å². The monoisotopic (exact) mass is 858 g/mol. The lowest BCUT2D eigenvalue weighted by Crippen LogP contribution is -2.76. The van der Waals surface area contributed by atoms with Crippen molar-refractivity contribution < 1.29 is 37.8 Å². The first-order valence-electron chi connectivity index (χ1n) is 19.6. The molecule has 1 unspecified atom stereocenters. The minimum atomic E-state index is -4.82. The maximum absolute atomic E-state index is 15.0. The molecule has 14 nitrogen and oxygen atoms in total. The Balaban J connectivity index is 1.21. The molecule has 0 spiro atoms. The average Bonchev–Trinajstić information content (AvgIpc) is 3.66. The SMILES string of the molecule is C=CCN1CC(=O)N2[C@@H](Cc3ccc(OP(=O)(O)O)cc3)C(=O)N(Cc3cccc4c(-c5ccccc5)cn([S+]([O-])c5ccccc5)c34)C[C@@H]2N1C(=O)NCc1ccccc1. The Kier molecular flexibility index (Phi) is 12.1. The topological polar surface area (TPSA) is 171 Å². The molecule has 2 aliphatic rings. The number of phosphoric acid groups is 1. The molecule has 2 fully saturated rings. The van der Waals surface area contributed by atoms with E-state index in [-0.39, 0.29) is 56.7 Å². The standard InChI is InChI=1S/C45H43N6O8PS/c1-2-25-48-31-42(52)50-40(26-32-21-23-36(24-22-32)59-60(55,56)57)44(53)47(30-41(50)51(48)45(54)46-27-33-13-6-3-7-14-33)28-35-17-12-20-38-39(34-15-8-4-9-16-34)29-49(43(35)38)61(58)37-18-10-5-11-19-37/h2-24,29,40-41H,1,25-28,30-31H2,(H,46,54)(H2,55,56,57)/t40-,41-,61?/m0/s1. The van der Waals surface area contributed by atoms with E-state index in [1.807, 2.05) is 103 Å². The average molecular weight is 859 g/mol. The van der Waals surface area contributed by atoms with Crippen LogP contribution in [0.15, 0.2) is 157 Å². The van der Waals surface area contributed by atoms with Crippen molar-refractivity contribution in [3.05, 3.63) is 169 Å². The zero-order valence-corrected chi connectivity index (χ0v) is 34.6. The molecule has 3 atom stereocenters. The summed E-state index contributed by atoms with van der Waals surface area (Å²) in [5.41, 5.74) is 4.62. The summed E-state index contributed by atoms with van der Waals surface area (Å²) in [4.78, 5) is 65.9. The van der Waals surface area contributed by atoms with E-state index in [4.69, 9.17) is 4.52 Å². The number of aromatic nitrogens is 1. The number of urea groups is 1. The highest BCUT2D eigenvalue weighted by molar-refractivity contribution is 7.90. The lowest BCUT2D eigenvalue weighted by atomic mass is 9.97. The van der Waals surface area contributed by atoms with Crippen LogP contribution in [0, 0.1) is 0 Å². The number of carbonyl (C=O) groups excluding carboxylic acids is 3. The largest absolute Gasteiger partial charge is 0.587 e. The van der Waals surface area contributed by atoms with Crippen LogP contribution in [0.4, 0.5) is 4.79 Å². The maximum Gasteiger partial charge on any atom is 0.524 e. The number of hydrazine groups is 1. The van der Waals surface area contributed by atoms with E-state index < -0.39 is 37.4 Å². The molecule has 0 bridgehead atoms. The molecule has 2 aliphatic heterocycles. The summed E-state index contributed by atoms with van der Waals surface area (Å²) in [5, 5.41) is 6.96. The number of nitrogens with one attached hydrogen (secondary N) is 1. The molecule has 3 heterocycles. The normalized spacial score (nSPS) is 17.6. The number of para-hydroxylation sites is 1. The summed E-state index contributed by atoms with van der Waals surface area (Å²) in [6, 6.07) is 38.5. The number of benzene rings is 5. The van der Waals surface area contributed by atoms with Gasteiger partial charge in [-0.1, -0.05) is 115 Å². The number of rotatable bonds is 13. The second-order valence-electron chi connectivity index (χ2n) is 14.7. The number of carbonyl (C=O) groups is 3. The van der Waals surface area contributed by atoms with Gasteiger partial charge in [0.15, 0.2) is 4.90 Å². The molecular weight excluding hydrogens is 816 g/mol. The number of fused-ring (bicyclic) bond motifs is 2. The van der Waals surface area contributed by atoms with Gasteiger partial charge < -0.3 is 24.2 Å². The number of nitrogens with zero attached hydrogens (tertiary/aromatic N) is 5. The van der Waals surface area contributed by atoms with Crippen LogP contribution in [0.3, 0.4) is 0 Å². The molecule has 5 aromatic carbocycles. The van der Waals surface area contributed by atoms with E-state index in [9.17, 15) is 33.3 Å². The van der Waals surface area contributed by atoms with Crippen molar-refractivity contribution in [2.45, 2.75) is 36.6 Å². The van der Waals surface area contributed by atoms with Crippen molar-refractivity contribution in [2.75, 3.05) is 19.6 Å². The molecule has 0 aliphatic carbocycles. The molecule has 2 saturated heterocycles. The van der Waals surface area contributed by atoms with Gasteiger partial charge in [0.25, 0.3) is 0 Å². The minimum absolute atomic E-state index is 0.0193. The molecule has 312 valence electrons. The second kappa shape index (κ2) is 17.8. The fraction of sp³-hybridized carbons (Fsp3) is 0.178. The fourth-order valence-corrected chi connectivity index (χ4v) is 9.62. The van der Waals surface area contributed by atoms with Gasteiger partial charge in [-0.25, -0.2) is 19.4 Å². The highest BCUT2D eigenvalue weighted by atomic mass is 32.2. The minimum Gasteiger partial charge on any atom is -0.587 e. The quantitative estimate of drug-likeness (QED) is 0.0707. The molecule has 6 aromatic rings. The number of hydrogen-bond donors (Lipinski definition) is 3. The zero-order chi connectivity index (χ0) is 42.7. The van der Waals surface area contributed by atoms with E-state index in [1.165, 1.54) is 22.0 Å². The van der Waals surface area contributed by atoms with E-state index in [0.29, 0.717) is 21.5 Å². The van der Waals surface area contributed by atoms with Crippen LogP contribution in [-0.2, 0) is 45.0 Å². The highest BCUT2D eigenvalue weighted by Gasteiger charge is 2.51. The second-order valence-corrected chi connectivity index (χ2v) is 17.2. The Labute approximate surface area is 355 Å². The lowest BCUT2D eigenvalue weighted by Gasteiger charge is -2.55. The van der Waals surface area contributed by atoms with Crippen LogP contribution in [0.5, 0.6) is 5.75 Å². The highest BCUT2D eigenvalue weighted by Crippen LogP contribution is 2.39. The van der Waals surface area contributed by atoms with Crippen molar-refractivity contribution >= 4 is 47.9 Å². The molecule has 1 aromatic heterocycles. The first-order valence-corrected chi connectivity index (χ1v) is 22.2. The van der Waals surface area contributed by atoms with Crippen LogP contribution in [0.25, 0.3) is 22.0 Å². The Hall–Kier alpha value is -6.19. The van der Waals surface area contributed by atoms with Gasteiger partial charge in [-0.05, 0) is 41.0 Å². The van der Waals surface area contributed by atoms with E-state index in [2.05, 4.69) is 11.9 Å². The van der Waals surface area contributed by atoms with Gasteiger partial charge in [-0.2, -0.15) is 3.97 Å². The summed E-state index contributed by atoms with van der Waals surface area (Å²) in [6.07, 6.45) is 2.56. The summed E-state index contributed by atoms with van der Waals surface area (Å²) < 4.78 is 32.4. The lowest BCUT2D eigenvalue weighted by molar-refractivity contribution is -0.189. The molecular formula is C45H43N6O8PS. The van der Waals surface area contributed by atoms with Crippen LogP contribution in [-0.4, -0.2) is 87.8 Å². The predicted molar refractivity (Wildman–Crippen MR) is 231 cm³/mol. The molecule has 0 saturated carbocycles. The molecule has 4 amide bonds. The number of phosphoric ester groups is 1. The van der Waals surface area contributed by atoms with Crippen LogP contribution in [0.1, 0.15) is 16.7 Å². The van der Waals surface area contributed by atoms with E-state index in [0.717, 1.165) is 22.1 Å². The van der Waals surface area contributed by atoms with Crippen LogP contribution < -0.4 is 9.84 Å². The van der Waals surface area contributed by atoms with E-state index in [1.54, 1.807) is 44.2 Å².